The van der Waals surface area contributed by atoms with Crippen LogP contribution in [0, 0.1) is 5.92 Å². The van der Waals surface area contributed by atoms with Crippen LogP contribution in [0.2, 0.25) is 0 Å². The second-order valence-corrected chi connectivity index (χ2v) is 6.11. The number of nitrogens with zero attached hydrogens (tertiary/aromatic N) is 1. The molecular weight excluding hydrogens is 320 g/mol. The van der Waals surface area contributed by atoms with E-state index in [1.165, 1.54) is 5.56 Å². The minimum atomic E-state index is 0.393. The van der Waals surface area contributed by atoms with Crippen molar-refractivity contribution in [3.8, 4) is 11.5 Å². The lowest BCUT2D eigenvalue weighted by Crippen LogP contribution is -2.20. The van der Waals surface area contributed by atoms with Crippen molar-refractivity contribution in [2.45, 2.75) is 19.4 Å². The van der Waals surface area contributed by atoms with E-state index in [1.54, 1.807) is 7.11 Å². The van der Waals surface area contributed by atoms with E-state index in [2.05, 4.69) is 40.0 Å². The molecule has 1 heterocycles. The zero-order chi connectivity index (χ0) is 14.7. The van der Waals surface area contributed by atoms with Crippen LogP contribution >= 0.6 is 15.9 Å². The first-order valence-electron chi connectivity index (χ1n) is 7.01. The van der Waals surface area contributed by atoms with Crippen molar-refractivity contribution in [3.05, 3.63) is 22.2 Å². The Balaban J connectivity index is 2.33. The van der Waals surface area contributed by atoms with E-state index < -0.39 is 0 Å². The molecule has 0 radical (unpaired) electrons. The molecule has 112 valence electrons. The van der Waals surface area contributed by atoms with Crippen LogP contribution in [0.25, 0.3) is 0 Å². The highest BCUT2D eigenvalue weighted by Crippen LogP contribution is 2.42. The molecule has 1 fully saturated rings. The Labute approximate surface area is 129 Å². The second-order valence-electron chi connectivity index (χ2n) is 5.26. The molecule has 1 aromatic rings. The normalized spacial score (nSPS) is 23.1. The number of rotatable bonds is 5. The van der Waals surface area contributed by atoms with Crippen LogP contribution in [0.15, 0.2) is 16.6 Å². The van der Waals surface area contributed by atoms with Gasteiger partial charge in [0.05, 0.1) is 18.2 Å². The van der Waals surface area contributed by atoms with Gasteiger partial charge < -0.3 is 15.2 Å². The summed E-state index contributed by atoms with van der Waals surface area (Å²) < 4.78 is 12.0. The van der Waals surface area contributed by atoms with E-state index in [0.29, 0.717) is 18.6 Å². The summed E-state index contributed by atoms with van der Waals surface area (Å²) in [4.78, 5) is 2.36. The summed E-state index contributed by atoms with van der Waals surface area (Å²) in [6.07, 6.45) is 1.09. The molecule has 2 unspecified atom stereocenters. The van der Waals surface area contributed by atoms with Gasteiger partial charge in [0, 0.05) is 12.6 Å². The molecule has 2 rings (SSSR count). The predicted molar refractivity (Wildman–Crippen MR) is 84.4 cm³/mol. The smallest absolute Gasteiger partial charge is 0.174 e. The second kappa shape index (κ2) is 6.78. The third kappa shape index (κ3) is 3.10. The summed E-state index contributed by atoms with van der Waals surface area (Å²) in [5, 5.41) is 0. The minimum Gasteiger partial charge on any atom is -0.492 e. The average Bonchev–Trinajstić information content (AvgIpc) is 2.80. The Morgan fingerprint density at radius 2 is 2.20 bits per heavy atom. The number of hydrogen-bond acceptors (Lipinski definition) is 4. The van der Waals surface area contributed by atoms with Gasteiger partial charge in [-0.3, -0.25) is 4.90 Å². The highest BCUT2D eigenvalue weighted by Gasteiger charge is 2.30. The Morgan fingerprint density at radius 3 is 2.75 bits per heavy atom. The fourth-order valence-corrected chi connectivity index (χ4v) is 3.53. The van der Waals surface area contributed by atoms with Crippen molar-refractivity contribution >= 4 is 15.9 Å². The Hall–Kier alpha value is -0.780. The van der Waals surface area contributed by atoms with Crippen molar-refractivity contribution < 1.29 is 9.47 Å². The predicted octanol–water partition coefficient (Wildman–Crippen LogP) is 2.81. The fraction of sp³-hybridized carbons (Fsp3) is 0.600. The first-order chi connectivity index (χ1) is 9.60. The van der Waals surface area contributed by atoms with Crippen molar-refractivity contribution in [2.24, 2.45) is 11.7 Å². The number of likely N-dealkylation sites (tertiary alicyclic amines) is 1. The van der Waals surface area contributed by atoms with Crippen LogP contribution in [0.1, 0.15) is 24.9 Å². The molecule has 2 atom stereocenters. The standard InChI is InChI=1S/C15H23BrN2O2/c1-4-20-14-7-11(6-12(16)15(14)19-3)13-5-10(8-17)9-18(13)2/h6-7,10,13H,4-5,8-9,17H2,1-3H3. The highest BCUT2D eigenvalue weighted by molar-refractivity contribution is 9.10. The maximum Gasteiger partial charge on any atom is 0.174 e. The van der Waals surface area contributed by atoms with Crippen LogP contribution in [-0.2, 0) is 0 Å². The van der Waals surface area contributed by atoms with Crippen molar-refractivity contribution in [1.82, 2.24) is 4.90 Å². The van der Waals surface area contributed by atoms with Crippen LogP contribution in [0.4, 0.5) is 0 Å². The Kier molecular flexibility index (Phi) is 5.29. The molecule has 0 saturated carbocycles. The summed E-state index contributed by atoms with van der Waals surface area (Å²) >= 11 is 3.58. The zero-order valence-corrected chi connectivity index (χ0v) is 13.9. The first kappa shape index (κ1) is 15.6. The molecule has 1 aliphatic rings. The van der Waals surface area contributed by atoms with Gasteiger partial charge in [0.15, 0.2) is 11.5 Å². The highest BCUT2D eigenvalue weighted by atomic mass is 79.9. The number of ether oxygens (including phenoxy) is 2. The molecule has 20 heavy (non-hydrogen) atoms. The number of hydrogen-bond donors (Lipinski definition) is 1. The molecule has 0 amide bonds. The summed E-state index contributed by atoms with van der Waals surface area (Å²) in [7, 11) is 3.81. The molecule has 4 nitrogen and oxygen atoms in total. The van der Waals surface area contributed by atoms with E-state index in [0.717, 1.165) is 35.5 Å². The lowest BCUT2D eigenvalue weighted by molar-refractivity contribution is 0.299. The fourth-order valence-electron chi connectivity index (χ4n) is 2.91. The number of nitrogens with two attached hydrogens (primary N) is 1. The molecular formula is C15H23BrN2O2. The van der Waals surface area contributed by atoms with Crippen LogP contribution in [0.3, 0.4) is 0 Å². The molecule has 1 aliphatic heterocycles. The molecule has 0 spiro atoms. The molecule has 5 heteroatoms. The largest absolute Gasteiger partial charge is 0.492 e. The van der Waals surface area contributed by atoms with Gasteiger partial charge in [-0.2, -0.15) is 0 Å². The molecule has 0 aromatic heterocycles. The third-order valence-electron chi connectivity index (χ3n) is 3.89. The van der Waals surface area contributed by atoms with Crippen LogP contribution in [-0.4, -0.2) is 38.8 Å². The van der Waals surface area contributed by atoms with Crippen molar-refractivity contribution in [2.75, 3.05) is 33.9 Å². The molecule has 2 N–H and O–H groups in total. The molecule has 1 aromatic carbocycles. The van der Waals surface area contributed by atoms with Gasteiger partial charge in [-0.05, 0) is 66.5 Å². The average molecular weight is 343 g/mol. The summed E-state index contributed by atoms with van der Waals surface area (Å²) in [6, 6.07) is 4.61. The first-order valence-corrected chi connectivity index (χ1v) is 7.80. The van der Waals surface area contributed by atoms with Crippen LogP contribution < -0.4 is 15.2 Å². The van der Waals surface area contributed by atoms with E-state index in [1.807, 2.05) is 6.92 Å². The maximum atomic E-state index is 5.81. The van der Waals surface area contributed by atoms with Gasteiger partial charge in [-0.15, -0.1) is 0 Å². The quantitative estimate of drug-likeness (QED) is 0.893. The van der Waals surface area contributed by atoms with E-state index in [4.69, 9.17) is 15.2 Å². The zero-order valence-electron chi connectivity index (χ0n) is 12.4. The van der Waals surface area contributed by atoms with E-state index >= 15 is 0 Å². The summed E-state index contributed by atoms with van der Waals surface area (Å²) in [6.45, 7) is 4.40. The Morgan fingerprint density at radius 1 is 1.45 bits per heavy atom. The van der Waals surface area contributed by atoms with Gasteiger partial charge in [0.25, 0.3) is 0 Å². The third-order valence-corrected chi connectivity index (χ3v) is 4.48. The summed E-state index contributed by atoms with van der Waals surface area (Å²) in [5.74, 6) is 2.12. The van der Waals surface area contributed by atoms with Gasteiger partial charge in [-0.1, -0.05) is 0 Å². The lowest BCUT2D eigenvalue weighted by Gasteiger charge is -2.22. The summed E-state index contributed by atoms with van der Waals surface area (Å²) in [5.41, 5.74) is 7.06. The van der Waals surface area contributed by atoms with Gasteiger partial charge in [0.2, 0.25) is 0 Å². The van der Waals surface area contributed by atoms with E-state index in [9.17, 15) is 0 Å². The number of benzene rings is 1. The van der Waals surface area contributed by atoms with E-state index in [-0.39, 0.29) is 0 Å². The lowest BCUT2D eigenvalue weighted by atomic mass is 9.99. The Bertz CT molecular complexity index is 467. The van der Waals surface area contributed by atoms with Crippen molar-refractivity contribution in [1.29, 1.82) is 0 Å². The van der Waals surface area contributed by atoms with Gasteiger partial charge >= 0.3 is 0 Å². The molecule has 0 bridgehead atoms. The minimum absolute atomic E-state index is 0.393. The maximum absolute atomic E-state index is 5.81. The molecule has 1 saturated heterocycles. The SMILES string of the molecule is CCOc1cc(C2CC(CN)CN2C)cc(Br)c1OC. The number of halogens is 1. The van der Waals surface area contributed by atoms with Crippen molar-refractivity contribution in [3.63, 3.8) is 0 Å². The topological polar surface area (TPSA) is 47.7 Å². The van der Waals surface area contributed by atoms with Gasteiger partial charge in [-0.25, -0.2) is 0 Å². The van der Waals surface area contributed by atoms with Gasteiger partial charge in [0.1, 0.15) is 0 Å². The molecule has 0 aliphatic carbocycles. The van der Waals surface area contributed by atoms with Crippen LogP contribution in [0.5, 0.6) is 11.5 Å². The number of methoxy groups -OCH3 is 1. The monoisotopic (exact) mass is 342 g/mol.